The third-order valence-electron chi connectivity index (χ3n) is 4.33. The lowest BCUT2D eigenvalue weighted by atomic mass is 10.1. The van der Waals surface area contributed by atoms with E-state index < -0.39 is 0 Å². The zero-order chi connectivity index (χ0) is 17.8. The molecule has 3 rings (SSSR count). The predicted octanol–water partition coefficient (Wildman–Crippen LogP) is 4.01. The highest BCUT2D eigenvalue weighted by molar-refractivity contribution is 5.55. The molecule has 1 atom stereocenters. The molecule has 0 spiro atoms. The summed E-state index contributed by atoms with van der Waals surface area (Å²) in [5.74, 6) is 1.64. The number of hydrogen-bond acceptors (Lipinski definition) is 4. The molecule has 0 radical (unpaired) electrons. The highest BCUT2D eigenvalue weighted by Gasteiger charge is 2.19. The fourth-order valence-electron chi connectivity index (χ4n) is 3.14. The summed E-state index contributed by atoms with van der Waals surface area (Å²) in [4.78, 5) is 2.38. The number of aryl methyl sites for hydroxylation is 1. The van der Waals surface area contributed by atoms with Gasteiger partial charge in [-0.2, -0.15) is 0 Å². The molecular weight excluding hydrogens is 314 g/mol. The zero-order valence-electron chi connectivity index (χ0n) is 15.0. The molecule has 0 bridgehead atoms. The van der Waals surface area contributed by atoms with E-state index >= 15 is 0 Å². The van der Waals surface area contributed by atoms with Gasteiger partial charge in [0.25, 0.3) is 0 Å². The summed E-state index contributed by atoms with van der Waals surface area (Å²) in [6, 6.07) is 11.7. The molecule has 0 amide bonds. The van der Waals surface area contributed by atoms with Gasteiger partial charge in [0.15, 0.2) is 11.5 Å². The Labute approximate surface area is 149 Å². The Morgan fingerprint density at radius 2 is 2.12 bits per heavy atom. The van der Waals surface area contributed by atoms with E-state index in [0.29, 0.717) is 5.75 Å². The highest BCUT2D eigenvalue weighted by Crippen LogP contribution is 2.27. The zero-order valence-corrected chi connectivity index (χ0v) is 15.0. The number of fused-ring (bicyclic) bond motifs is 1. The minimum absolute atomic E-state index is 0.158. The Morgan fingerprint density at radius 1 is 1.28 bits per heavy atom. The molecule has 1 N–H and O–H groups in total. The summed E-state index contributed by atoms with van der Waals surface area (Å²) in [6.45, 7) is 6.82. The molecule has 0 aromatic heterocycles. The van der Waals surface area contributed by atoms with Crippen molar-refractivity contribution in [1.29, 1.82) is 0 Å². The van der Waals surface area contributed by atoms with Crippen molar-refractivity contribution in [2.45, 2.75) is 26.5 Å². The van der Waals surface area contributed by atoms with Crippen LogP contribution in [0.2, 0.25) is 0 Å². The average molecular weight is 339 g/mol. The fourth-order valence-corrected chi connectivity index (χ4v) is 3.14. The lowest BCUT2D eigenvalue weighted by Gasteiger charge is -2.20. The number of phenolic OH excluding ortho intramolecular Hbond substituents is 1. The molecule has 0 saturated heterocycles. The number of hydrogen-bond donors (Lipinski definition) is 1. The van der Waals surface area contributed by atoms with Crippen LogP contribution in [0.25, 0.3) is 6.08 Å². The van der Waals surface area contributed by atoms with Crippen molar-refractivity contribution in [2.75, 3.05) is 20.2 Å². The van der Waals surface area contributed by atoms with Gasteiger partial charge in [-0.1, -0.05) is 35.9 Å². The first-order chi connectivity index (χ1) is 12.0. The second-order valence-corrected chi connectivity index (χ2v) is 6.57. The third-order valence-corrected chi connectivity index (χ3v) is 4.33. The molecule has 4 nitrogen and oxygen atoms in total. The maximum atomic E-state index is 9.67. The van der Waals surface area contributed by atoms with Crippen molar-refractivity contribution in [3.63, 3.8) is 0 Å². The number of aromatic hydroxyl groups is 1. The van der Waals surface area contributed by atoms with E-state index in [-0.39, 0.29) is 11.9 Å². The van der Waals surface area contributed by atoms with Crippen LogP contribution in [-0.2, 0) is 6.54 Å². The molecule has 1 aliphatic rings. The van der Waals surface area contributed by atoms with Crippen LogP contribution in [0, 0.1) is 6.92 Å². The monoisotopic (exact) mass is 339 g/mol. The van der Waals surface area contributed by atoms with Gasteiger partial charge in [0, 0.05) is 25.2 Å². The van der Waals surface area contributed by atoms with Crippen LogP contribution in [-0.4, -0.2) is 36.3 Å². The molecule has 0 saturated carbocycles. The van der Waals surface area contributed by atoms with Gasteiger partial charge in [0.2, 0.25) is 0 Å². The smallest absolute Gasteiger partial charge is 0.161 e. The lowest BCUT2D eigenvalue weighted by molar-refractivity contribution is 0.170. The number of nitrogens with zero attached hydrogens (tertiary/aromatic N) is 1. The maximum absolute atomic E-state index is 9.67. The van der Waals surface area contributed by atoms with Gasteiger partial charge in [0.1, 0.15) is 11.9 Å². The molecule has 0 fully saturated rings. The highest BCUT2D eigenvalue weighted by atomic mass is 16.5. The first-order valence-electron chi connectivity index (χ1n) is 8.57. The second kappa shape index (κ2) is 7.62. The quantitative estimate of drug-likeness (QED) is 0.914. The summed E-state index contributed by atoms with van der Waals surface area (Å²) >= 11 is 0. The largest absolute Gasteiger partial charge is 0.504 e. The molecule has 1 aliphatic heterocycles. The molecule has 0 aliphatic carbocycles. The van der Waals surface area contributed by atoms with Crippen LogP contribution in [0.15, 0.2) is 42.5 Å². The van der Waals surface area contributed by atoms with E-state index in [4.69, 9.17) is 9.47 Å². The lowest BCUT2D eigenvalue weighted by Crippen LogP contribution is -2.31. The van der Waals surface area contributed by atoms with Gasteiger partial charge in [-0.3, -0.25) is 4.90 Å². The summed E-state index contributed by atoms with van der Waals surface area (Å²) in [7, 11) is 1.56. The maximum Gasteiger partial charge on any atom is 0.161 e. The molecule has 1 heterocycles. The molecule has 132 valence electrons. The van der Waals surface area contributed by atoms with E-state index in [2.05, 4.69) is 49.1 Å². The molecule has 2 aromatic rings. The number of ether oxygens (including phenoxy) is 2. The molecule has 2 aromatic carbocycles. The first kappa shape index (κ1) is 17.4. The molecule has 25 heavy (non-hydrogen) atoms. The Bertz CT molecular complexity index is 770. The van der Waals surface area contributed by atoms with Gasteiger partial charge >= 0.3 is 0 Å². The van der Waals surface area contributed by atoms with Gasteiger partial charge in [0.05, 0.1) is 7.11 Å². The average Bonchev–Trinajstić information content (AvgIpc) is 2.73. The van der Waals surface area contributed by atoms with Crippen LogP contribution in [0.1, 0.15) is 23.6 Å². The number of methoxy groups -OCH3 is 1. The van der Waals surface area contributed by atoms with Crippen molar-refractivity contribution >= 4 is 6.08 Å². The van der Waals surface area contributed by atoms with E-state index in [1.807, 2.05) is 12.1 Å². The standard InChI is InChI=1S/C21H25NO3/c1-15-6-9-20-18(11-15)14-22(13-16(2)25-20)10-4-5-17-7-8-19(23)21(12-17)24-3/h4-9,11-12,16,23H,10,13-14H2,1-3H3/b5-4+. The molecular formula is C21H25NO3. The Morgan fingerprint density at radius 3 is 2.92 bits per heavy atom. The number of benzene rings is 2. The summed E-state index contributed by atoms with van der Waals surface area (Å²) < 4.78 is 11.2. The van der Waals surface area contributed by atoms with Crippen LogP contribution >= 0.6 is 0 Å². The van der Waals surface area contributed by atoms with Crippen LogP contribution in [0.4, 0.5) is 0 Å². The number of phenols is 1. The SMILES string of the molecule is COc1cc(/C=C/CN2Cc3cc(C)ccc3OC(C)C2)ccc1O. The van der Waals surface area contributed by atoms with Gasteiger partial charge in [-0.15, -0.1) is 0 Å². The minimum atomic E-state index is 0.158. The minimum Gasteiger partial charge on any atom is -0.504 e. The van der Waals surface area contributed by atoms with Gasteiger partial charge in [-0.05, 0) is 37.6 Å². The Kier molecular flexibility index (Phi) is 5.29. The molecule has 4 heteroatoms. The predicted molar refractivity (Wildman–Crippen MR) is 100 cm³/mol. The normalized spacial score (nSPS) is 17.8. The molecule has 1 unspecified atom stereocenters. The van der Waals surface area contributed by atoms with Crippen molar-refractivity contribution in [3.8, 4) is 17.2 Å². The van der Waals surface area contributed by atoms with E-state index in [0.717, 1.165) is 30.9 Å². The Balaban J connectivity index is 1.70. The van der Waals surface area contributed by atoms with Gasteiger partial charge < -0.3 is 14.6 Å². The van der Waals surface area contributed by atoms with E-state index in [1.165, 1.54) is 11.1 Å². The van der Waals surface area contributed by atoms with Gasteiger partial charge in [-0.25, -0.2) is 0 Å². The summed E-state index contributed by atoms with van der Waals surface area (Å²) in [5.41, 5.74) is 3.50. The summed E-state index contributed by atoms with van der Waals surface area (Å²) in [5, 5.41) is 9.67. The van der Waals surface area contributed by atoms with E-state index in [1.54, 1.807) is 13.2 Å². The topological polar surface area (TPSA) is 41.9 Å². The fraction of sp³-hybridized carbons (Fsp3) is 0.333. The van der Waals surface area contributed by atoms with Crippen LogP contribution in [0.5, 0.6) is 17.2 Å². The second-order valence-electron chi connectivity index (χ2n) is 6.57. The third kappa shape index (κ3) is 4.34. The summed E-state index contributed by atoms with van der Waals surface area (Å²) in [6.07, 6.45) is 4.35. The van der Waals surface area contributed by atoms with Crippen molar-refractivity contribution in [1.82, 2.24) is 4.90 Å². The van der Waals surface area contributed by atoms with Crippen molar-refractivity contribution in [3.05, 3.63) is 59.2 Å². The first-order valence-corrected chi connectivity index (χ1v) is 8.57. The van der Waals surface area contributed by atoms with E-state index in [9.17, 15) is 5.11 Å². The van der Waals surface area contributed by atoms with Crippen LogP contribution < -0.4 is 9.47 Å². The van der Waals surface area contributed by atoms with Crippen molar-refractivity contribution in [2.24, 2.45) is 0 Å². The Hall–Kier alpha value is -2.46. The van der Waals surface area contributed by atoms with Crippen molar-refractivity contribution < 1.29 is 14.6 Å². The van der Waals surface area contributed by atoms with Crippen LogP contribution in [0.3, 0.4) is 0 Å². The number of rotatable bonds is 4.